The second-order valence-corrected chi connectivity index (χ2v) is 9.33. The number of carbonyl (C=O) groups is 1. The number of ether oxygens (including phenoxy) is 1. The molecule has 6 nitrogen and oxygen atoms in total. The molecule has 2 atom stereocenters. The number of sulfonamides is 1. The van der Waals surface area contributed by atoms with E-state index < -0.39 is 16.1 Å². The van der Waals surface area contributed by atoms with Gasteiger partial charge in [-0.05, 0) is 49.1 Å². The molecule has 0 spiro atoms. The Morgan fingerprint density at radius 1 is 1.14 bits per heavy atom. The van der Waals surface area contributed by atoms with Gasteiger partial charge in [0, 0.05) is 17.6 Å². The molecule has 1 aliphatic rings. The molecule has 150 valence electrons. The van der Waals surface area contributed by atoms with Crippen molar-refractivity contribution in [3.05, 3.63) is 64.6 Å². The van der Waals surface area contributed by atoms with Gasteiger partial charge in [-0.1, -0.05) is 46.3 Å². The lowest BCUT2D eigenvalue weighted by Gasteiger charge is -2.20. The zero-order valence-electron chi connectivity index (χ0n) is 15.3. The van der Waals surface area contributed by atoms with Crippen molar-refractivity contribution < 1.29 is 17.9 Å². The summed E-state index contributed by atoms with van der Waals surface area (Å²) in [5.74, 6) is -0.361. The van der Waals surface area contributed by atoms with Crippen molar-refractivity contribution in [2.75, 3.05) is 13.2 Å². The Labute approximate surface area is 173 Å². The number of benzene rings is 2. The molecular weight excluding hydrogens is 444 g/mol. The quantitative estimate of drug-likeness (QED) is 0.626. The highest BCUT2D eigenvalue weighted by atomic mass is 79.9. The summed E-state index contributed by atoms with van der Waals surface area (Å²) in [6.07, 6.45) is 2.12. The molecular formula is C20H23BrN2O4S. The largest absolute Gasteiger partial charge is 0.376 e. The van der Waals surface area contributed by atoms with Gasteiger partial charge in [-0.2, -0.15) is 4.72 Å². The van der Waals surface area contributed by atoms with E-state index in [0.717, 1.165) is 22.9 Å². The number of rotatable bonds is 8. The third-order valence-electron chi connectivity index (χ3n) is 4.55. The summed E-state index contributed by atoms with van der Waals surface area (Å²) >= 11 is 3.29. The predicted octanol–water partition coefficient (Wildman–Crippen LogP) is 2.63. The molecule has 1 fully saturated rings. The third-order valence-corrected chi connectivity index (χ3v) is 6.56. The molecule has 0 saturated carbocycles. The van der Waals surface area contributed by atoms with Crippen LogP contribution in [0.1, 0.15) is 18.4 Å². The molecule has 1 heterocycles. The monoisotopic (exact) mass is 466 g/mol. The summed E-state index contributed by atoms with van der Waals surface area (Å²) in [6.45, 7) is 1.08. The summed E-state index contributed by atoms with van der Waals surface area (Å²) in [5, 5.41) is 2.83. The van der Waals surface area contributed by atoms with Gasteiger partial charge in [0.05, 0.1) is 11.0 Å². The first kappa shape index (κ1) is 21.0. The van der Waals surface area contributed by atoms with E-state index in [1.54, 1.807) is 12.1 Å². The van der Waals surface area contributed by atoms with E-state index in [2.05, 4.69) is 26.0 Å². The lowest BCUT2D eigenvalue weighted by Crippen LogP contribution is -2.49. The van der Waals surface area contributed by atoms with Crippen LogP contribution in [0.5, 0.6) is 0 Å². The number of carbonyl (C=O) groups excluding carboxylic acids is 1. The number of nitrogens with one attached hydrogen (secondary N) is 2. The van der Waals surface area contributed by atoms with Crippen LogP contribution < -0.4 is 10.0 Å². The van der Waals surface area contributed by atoms with E-state index in [1.165, 1.54) is 12.1 Å². The fourth-order valence-corrected chi connectivity index (χ4v) is 4.51. The Morgan fingerprint density at radius 3 is 2.50 bits per heavy atom. The zero-order chi connectivity index (χ0) is 20.0. The van der Waals surface area contributed by atoms with E-state index in [-0.39, 0.29) is 23.3 Å². The molecule has 2 aromatic carbocycles. The SMILES string of the molecule is O=C(NC[C@H]1CCCO1)[C@@H](Cc1ccccc1)NS(=O)(=O)c1ccc(Br)cc1. The zero-order valence-corrected chi connectivity index (χ0v) is 17.7. The Hall–Kier alpha value is -1.74. The standard InChI is InChI=1S/C20H23BrN2O4S/c21-16-8-10-18(11-9-16)28(25,26)23-19(13-15-5-2-1-3-6-15)20(24)22-14-17-7-4-12-27-17/h1-3,5-6,8-11,17,19,23H,4,7,12-14H2,(H,22,24)/t17-,19-/m1/s1. The Balaban J connectivity index is 1.74. The summed E-state index contributed by atoms with van der Waals surface area (Å²) in [6, 6.07) is 14.7. The van der Waals surface area contributed by atoms with Crippen LogP contribution in [-0.4, -0.2) is 39.6 Å². The van der Waals surface area contributed by atoms with Crippen LogP contribution in [0.25, 0.3) is 0 Å². The second kappa shape index (κ2) is 9.65. The van der Waals surface area contributed by atoms with Gasteiger partial charge in [0.15, 0.2) is 0 Å². The van der Waals surface area contributed by atoms with Gasteiger partial charge in [-0.3, -0.25) is 4.79 Å². The van der Waals surface area contributed by atoms with Crippen LogP contribution >= 0.6 is 15.9 Å². The van der Waals surface area contributed by atoms with Crippen molar-refractivity contribution in [2.45, 2.75) is 36.3 Å². The van der Waals surface area contributed by atoms with Crippen LogP contribution in [-0.2, 0) is 26.0 Å². The minimum Gasteiger partial charge on any atom is -0.376 e. The van der Waals surface area contributed by atoms with Gasteiger partial charge in [0.2, 0.25) is 15.9 Å². The summed E-state index contributed by atoms with van der Waals surface area (Å²) in [5.41, 5.74) is 0.873. The Morgan fingerprint density at radius 2 is 1.86 bits per heavy atom. The molecule has 0 radical (unpaired) electrons. The van der Waals surface area contributed by atoms with Gasteiger partial charge in [0.1, 0.15) is 6.04 Å². The van der Waals surface area contributed by atoms with Crippen LogP contribution in [0.3, 0.4) is 0 Å². The van der Waals surface area contributed by atoms with E-state index in [4.69, 9.17) is 4.74 Å². The number of hydrogen-bond acceptors (Lipinski definition) is 4. The molecule has 2 N–H and O–H groups in total. The average molecular weight is 467 g/mol. The van der Waals surface area contributed by atoms with Gasteiger partial charge in [-0.25, -0.2) is 8.42 Å². The minimum absolute atomic E-state index is 0.00981. The molecule has 1 aliphatic heterocycles. The molecule has 1 saturated heterocycles. The van der Waals surface area contributed by atoms with Crippen LogP contribution in [0.4, 0.5) is 0 Å². The molecule has 0 unspecified atom stereocenters. The molecule has 0 aromatic heterocycles. The summed E-state index contributed by atoms with van der Waals surface area (Å²) in [7, 11) is -3.84. The van der Waals surface area contributed by atoms with Gasteiger partial charge in [-0.15, -0.1) is 0 Å². The van der Waals surface area contributed by atoms with E-state index in [1.807, 2.05) is 30.3 Å². The lowest BCUT2D eigenvalue weighted by atomic mass is 10.1. The van der Waals surface area contributed by atoms with Crippen LogP contribution in [0.2, 0.25) is 0 Å². The van der Waals surface area contributed by atoms with Gasteiger partial charge in [0.25, 0.3) is 0 Å². The fraction of sp³-hybridized carbons (Fsp3) is 0.350. The molecule has 0 bridgehead atoms. The highest BCUT2D eigenvalue weighted by Crippen LogP contribution is 2.16. The van der Waals surface area contributed by atoms with E-state index in [0.29, 0.717) is 13.2 Å². The van der Waals surface area contributed by atoms with Crippen LogP contribution in [0.15, 0.2) is 64.0 Å². The first-order valence-electron chi connectivity index (χ1n) is 9.15. The molecule has 2 aromatic rings. The molecule has 0 aliphatic carbocycles. The predicted molar refractivity (Wildman–Crippen MR) is 110 cm³/mol. The highest BCUT2D eigenvalue weighted by Gasteiger charge is 2.27. The number of hydrogen-bond donors (Lipinski definition) is 2. The van der Waals surface area contributed by atoms with Crippen molar-refractivity contribution in [2.24, 2.45) is 0 Å². The fourth-order valence-electron chi connectivity index (χ4n) is 3.05. The van der Waals surface area contributed by atoms with Crippen molar-refractivity contribution in [1.82, 2.24) is 10.0 Å². The Bertz CT molecular complexity index is 882. The van der Waals surface area contributed by atoms with E-state index >= 15 is 0 Å². The maximum Gasteiger partial charge on any atom is 0.241 e. The minimum atomic E-state index is -3.84. The van der Waals surface area contributed by atoms with Crippen molar-refractivity contribution in [3.63, 3.8) is 0 Å². The van der Waals surface area contributed by atoms with Gasteiger partial charge >= 0.3 is 0 Å². The van der Waals surface area contributed by atoms with Crippen molar-refractivity contribution in [1.29, 1.82) is 0 Å². The van der Waals surface area contributed by atoms with Crippen LogP contribution in [0, 0.1) is 0 Å². The van der Waals surface area contributed by atoms with Crippen molar-refractivity contribution in [3.8, 4) is 0 Å². The smallest absolute Gasteiger partial charge is 0.241 e. The van der Waals surface area contributed by atoms with E-state index in [9.17, 15) is 13.2 Å². The third kappa shape index (κ3) is 5.88. The average Bonchev–Trinajstić information content (AvgIpc) is 3.20. The molecule has 28 heavy (non-hydrogen) atoms. The molecule has 1 amide bonds. The first-order chi connectivity index (χ1) is 13.4. The highest BCUT2D eigenvalue weighted by molar-refractivity contribution is 9.10. The number of halogens is 1. The summed E-state index contributed by atoms with van der Waals surface area (Å²) < 4.78 is 34.4. The second-order valence-electron chi connectivity index (χ2n) is 6.70. The summed E-state index contributed by atoms with van der Waals surface area (Å²) in [4.78, 5) is 12.9. The Kier molecular flexibility index (Phi) is 7.23. The molecule has 8 heteroatoms. The topological polar surface area (TPSA) is 84.5 Å². The molecule has 3 rings (SSSR count). The normalized spacial score (nSPS) is 18.0. The maximum absolute atomic E-state index is 12.8. The first-order valence-corrected chi connectivity index (χ1v) is 11.4. The maximum atomic E-state index is 12.8. The number of amides is 1. The van der Waals surface area contributed by atoms with Crippen molar-refractivity contribution >= 4 is 31.9 Å². The lowest BCUT2D eigenvalue weighted by molar-refractivity contribution is -0.123. The van der Waals surface area contributed by atoms with Gasteiger partial charge < -0.3 is 10.1 Å².